The highest BCUT2D eigenvalue weighted by atomic mass is 16.6. The number of hydrogen-bond donors (Lipinski definition) is 1. The Kier molecular flexibility index (Phi) is 5.43. The standard InChI is InChI=1S/C24H26N4O4/c1-31-22(29)15-32-18-6-4-16(5-7-18)20-14-19-21(8-9-25-23(19)26-20)27-10-12-28(13-11-27)24(30)17-2-3-17/h4-9,14,17H,2-3,10-13,15H2,1H3,(H,25,26). The van der Waals surface area contributed by atoms with Gasteiger partial charge in [0.15, 0.2) is 6.61 Å². The van der Waals surface area contributed by atoms with Gasteiger partial charge >= 0.3 is 5.97 Å². The summed E-state index contributed by atoms with van der Waals surface area (Å²) in [4.78, 5) is 35.8. The van der Waals surface area contributed by atoms with Gasteiger partial charge in [-0.3, -0.25) is 4.79 Å². The number of methoxy groups -OCH3 is 1. The Morgan fingerprint density at radius 3 is 2.53 bits per heavy atom. The molecule has 166 valence electrons. The first kappa shape index (κ1) is 20.4. The molecule has 8 heteroatoms. The quantitative estimate of drug-likeness (QED) is 0.601. The van der Waals surface area contributed by atoms with E-state index in [1.165, 1.54) is 7.11 Å². The predicted molar refractivity (Wildman–Crippen MR) is 121 cm³/mol. The Morgan fingerprint density at radius 1 is 1.09 bits per heavy atom. The fourth-order valence-electron chi connectivity index (χ4n) is 4.13. The molecule has 3 heterocycles. The minimum atomic E-state index is -0.416. The third-order valence-electron chi connectivity index (χ3n) is 6.12. The molecule has 1 amide bonds. The van der Waals surface area contributed by atoms with Crippen molar-refractivity contribution in [2.75, 3.05) is 44.8 Å². The second-order valence-electron chi connectivity index (χ2n) is 8.25. The highest BCUT2D eigenvalue weighted by Crippen LogP contribution is 2.33. The number of nitrogens with zero attached hydrogens (tertiary/aromatic N) is 3. The van der Waals surface area contributed by atoms with Crippen LogP contribution in [-0.4, -0.2) is 66.6 Å². The van der Waals surface area contributed by atoms with E-state index in [0.717, 1.165) is 67.0 Å². The summed E-state index contributed by atoms with van der Waals surface area (Å²) in [6.07, 6.45) is 3.92. The van der Waals surface area contributed by atoms with E-state index in [9.17, 15) is 9.59 Å². The molecule has 0 atom stereocenters. The third kappa shape index (κ3) is 4.12. The number of hydrogen-bond acceptors (Lipinski definition) is 6. The average Bonchev–Trinajstić information content (AvgIpc) is 3.60. The van der Waals surface area contributed by atoms with E-state index in [4.69, 9.17) is 4.74 Å². The Labute approximate surface area is 186 Å². The third-order valence-corrected chi connectivity index (χ3v) is 6.12. The molecule has 2 aliphatic rings. The van der Waals surface area contributed by atoms with Gasteiger partial charge in [0, 0.05) is 55.1 Å². The van der Waals surface area contributed by atoms with E-state index in [0.29, 0.717) is 11.7 Å². The topological polar surface area (TPSA) is 87.8 Å². The van der Waals surface area contributed by atoms with Crippen LogP contribution < -0.4 is 9.64 Å². The number of H-pyrrole nitrogens is 1. The number of esters is 1. The highest BCUT2D eigenvalue weighted by Gasteiger charge is 2.34. The van der Waals surface area contributed by atoms with Crippen LogP contribution in [0.1, 0.15) is 12.8 Å². The molecule has 1 aliphatic heterocycles. The predicted octanol–water partition coefficient (Wildman–Crippen LogP) is 2.84. The van der Waals surface area contributed by atoms with Crippen LogP contribution >= 0.6 is 0 Å². The number of rotatable bonds is 6. The van der Waals surface area contributed by atoms with Gasteiger partial charge in [0.25, 0.3) is 0 Å². The fourth-order valence-corrected chi connectivity index (χ4v) is 4.13. The Balaban J connectivity index is 1.31. The number of carbonyl (C=O) groups excluding carboxylic acids is 2. The van der Waals surface area contributed by atoms with E-state index in [2.05, 4.69) is 25.7 Å². The molecule has 1 saturated carbocycles. The van der Waals surface area contributed by atoms with E-state index in [-0.39, 0.29) is 12.5 Å². The Hall–Kier alpha value is -3.55. The smallest absolute Gasteiger partial charge is 0.343 e. The van der Waals surface area contributed by atoms with Crippen molar-refractivity contribution in [2.24, 2.45) is 5.92 Å². The summed E-state index contributed by atoms with van der Waals surface area (Å²) < 4.78 is 10.0. The summed E-state index contributed by atoms with van der Waals surface area (Å²) in [5.74, 6) is 0.792. The average molecular weight is 434 g/mol. The van der Waals surface area contributed by atoms with Crippen molar-refractivity contribution in [3.63, 3.8) is 0 Å². The van der Waals surface area contributed by atoms with Crippen molar-refractivity contribution < 1.29 is 19.1 Å². The van der Waals surface area contributed by atoms with Crippen LogP contribution in [0.4, 0.5) is 5.69 Å². The lowest BCUT2D eigenvalue weighted by Gasteiger charge is -2.36. The first-order chi connectivity index (χ1) is 15.6. The monoisotopic (exact) mass is 434 g/mol. The van der Waals surface area contributed by atoms with E-state index in [1.54, 1.807) is 0 Å². The lowest BCUT2D eigenvalue weighted by atomic mass is 10.1. The van der Waals surface area contributed by atoms with Crippen LogP contribution in [0.3, 0.4) is 0 Å². The lowest BCUT2D eigenvalue weighted by Crippen LogP contribution is -2.49. The van der Waals surface area contributed by atoms with Crippen LogP contribution in [0.15, 0.2) is 42.6 Å². The summed E-state index contributed by atoms with van der Waals surface area (Å²) in [5.41, 5.74) is 3.93. The van der Waals surface area contributed by atoms with Gasteiger partial charge in [-0.25, -0.2) is 9.78 Å². The molecular formula is C24H26N4O4. The van der Waals surface area contributed by atoms with Crippen LogP contribution in [0.25, 0.3) is 22.3 Å². The summed E-state index contributed by atoms with van der Waals surface area (Å²) in [6.45, 7) is 3.07. The number of aromatic amines is 1. The van der Waals surface area contributed by atoms with Crippen LogP contribution in [0.2, 0.25) is 0 Å². The number of anilines is 1. The second kappa shape index (κ2) is 8.53. The Bertz CT molecular complexity index is 1130. The number of piperazine rings is 1. The summed E-state index contributed by atoms with van der Waals surface area (Å²) in [5, 5.41) is 1.07. The maximum atomic E-state index is 12.4. The van der Waals surface area contributed by atoms with Crippen molar-refractivity contribution in [2.45, 2.75) is 12.8 Å². The molecule has 2 fully saturated rings. The molecule has 1 saturated heterocycles. The van der Waals surface area contributed by atoms with Gasteiger partial charge in [0.1, 0.15) is 11.4 Å². The van der Waals surface area contributed by atoms with Gasteiger partial charge in [0.05, 0.1) is 7.11 Å². The van der Waals surface area contributed by atoms with Crippen LogP contribution in [-0.2, 0) is 14.3 Å². The van der Waals surface area contributed by atoms with Gasteiger partial charge in [-0.15, -0.1) is 0 Å². The summed E-state index contributed by atoms with van der Waals surface area (Å²) in [6, 6.07) is 11.7. The summed E-state index contributed by atoms with van der Waals surface area (Å²) in [7, 11) is 1.33. The molecule has 0 spiro atoms. The lowest BCUT2D eigenvalue weighted by molar-refractivity contribution is -0.143. The molecule has 0 unspecified atom stereocenters. The molecule has 0 bridgehead atoms. The van der Waals surface area contributed by atoms with Crippen molar-refractivity contribution in [1.82, 2.24) is 14.9 Å². The molecule has 1 aliphatic carbocycles. The fraction of sp³-hybridized carbons (Fsp3) is 0.375. The molecule has 3 aromatic rings. The number of carbonyl (C=O) groups is 2. The van der Waals surface area contributed by atoms with Crippen LogP contribution in [0.5, 0.6) is 5.75 Å². The van der Waals surface area contributed by atoms with E-state index < -0.39 is 5.97 Å². The molecule has 0 radical (unpaired) electrons. The number of aromatic nitrogens is 2. The first-order valence-electron chi connectivity index (χ1n) is 10.9. The number of ether oxygens (including phenoxy) is 2. The summed E-state index contributed by atoms with van der Waals surface area (Å²) >= 11 is 0. The molecule has 1 aromatic carbocycles. The Morgan fingerprint density at radius 2 is 1.84 bits per heavy atom. The normalized spacial score (nSPS) is 16.3. The maximum Gasteiger partial charge on any atom is 0.343 e. The van der Waals surface area contributed by atoms with Gasteiger partial charge < -0.3 is 24.3 Å². The van der Waals surface area contributed by atoms with Gasteiger partial charge in [-0.05, 0) is 54.8 Å². The largest absolute Gasteiger partial charge is 0.482 e. The van der Waals surface area contributed by atoms with Gasteiger partial charge in [-0.2, -0.15) is 0 Å². The molecule has 5 rings (SSSR count). The zero-order valence-electron chi connectivity index (χ0n) is 18.0. The highest BCUT2D eigenvalue weighted by molar-refractivity contribution is 5.94. The van der Waals surface area contributed by atoms with Gasteiger partial charge in [-0.1, -0.05) is 0 Å². The second-order valence-corrected chi connectivity index (χ2v) is 8.25. The molecule has 1 N–H and O–H groups in total. The number of fused-ring (bicyclic) bond motifs is 1. The van der Waals surface area contributed by atoms with Crippen molar-refractivity contribution >= 4 is 28.6 Å². The van der Waals surface area contributed by atoms with E-state index >= 15 is 0 Å². The number of pyridine rings is 1. The minimum Gasteiger partial charge on any atom is -0.482 e. The molecule has 2 aromatic heterocycles. The van der Waals surface area contributed by atoms with Crippen molar-refractivity contribution in [3.05, 3.63) is 42.6 Å². The minimum absolute atomic E-state index is 0.116. The number of nitrogens with one attached hydrogen (secondary N) is 1. The van der Waals surface area contributed by atoms with Gasteiger partial charge in [0.2, 0.25) is 5.91 Å². The molecule has 8 nitrogen and oxygen atoms in total. The zero-order valence-corrected chi connectivity index (χ0v) is 18.0. The number of amides is 1. The van der Waals surface area contributed by atoms with E-state index in [1.807, 2.05) is 41.4 Å². The SMILES string of the molecule is COC(=O)COc1ccc(-c2cc3c(N4CCN(C(=O)C5CC5)CC4)ccnc3[nH]2)cc1. The van der Waals surface area contributed by atoms with Crippen LogP contribution in [0, 0.1) is 5.92 Å². The number of benzene rings is 1. The zero-order chi connectivity index (χ0) is 22.1. The first-order valence-corrected chi connectivity index (χ1v) is 10.9. The maximum absolute atomic E-state index is 12.4. The molecular weight excluding hydrogens is 408 g/mol. The van der Waals surface area contributed by atoms with Crippen molar-refractivity contribution in [3.8, 4) is 17.0 Å². The molecule has 32 heavy (non-hydrogen) atoms. The van der Waals surface area contributed by atoms with Crippen molar-refractivity contribution in [1.29, 1.82) is 0 Å².